The van der Waals surface area contributed by atoms with Gasteiger partial charge in [-0.1, -0.05) is 0 Å². The molecule has 0 spiro atoms. The Bertz CT molecular complexity index is 73.3. The lowest BCUT2D eigenvalue weighted by Crippen LogP contribution is -1.99. The first-order valence-electron chi connectivity index (χ1n) is 1.63. The normalized spacial score (nSPS) is 13.0. The lowest BCUT2D eigenvalue weighted by molar-refractivity contribution is 0.174. The second-order valence-electron chi connectivity index (χ2n) is 0.898. The fourth-order valence-corrected chi connectivity index (χ4v) is 0.643. The summed E-state index contributed by atoms with van der Waals surface area (Å²) >= 11 is 6.74. The first-order valence-corrected chi connectivity index (χ1v) is 3.25. The van der Waals surface area contributed by atoms with Crippen LogP contribution in [-0.2, 0) is 4.74 Å². The van der Waals surface area contributed by atoms with Gasteiger partial charge in [-0.05, 0) is 29.5 Å². The molecular weight excluding hydrogens is 230 g/mol. The Morgan fingerprint density at radius 2 is 2.43 bits per heavy atom. The molecule has 42 valence electrons. The van der Waals surface area contributed by atoms with E-state index in [-0.39, 0.29) is 4.11 Å². The number of alkyl halides is 1. The minimum absolute atomic E-state index is 0.136. The van der Waals surface area contributed by atoms with Crippen LogP contribution >= 0.6 is 34.2 Å². The zero-order valence-electron chi connectivity index (χ0n) is 3.65. The van der Waals surface area contributed by atoms with Gasteiger partial charge in [0.15, 0.2) is 4.11 Å². The van der Waals surface area contributed by atoms with Crippen molar-refractivity contribution in [3.05, 3.63) is 0 Å². The lowest BCUT2D eigenvalue weighted by Gasteiger charge is -1.98. The topological polar surface area (TPSA) is 26.3 Å². The molecule has 4 heteroatoms. The van der Waals surface area contributed by atoms with Crippen molar-refractivity contribution < 1.29 is 9.53 Å². The Hall–Kier alpha value is 0.490. The molecule has 0 aromatic rings. The van der Waals surface area contributed by atoms with E-state index in [9.17, 15) is 4.79 Å². The molecule has 0 bridgehead atoms. The van der Waals surface area contributed by atoms with Crippen molar-refractivity contribution in [2.75, 3.05) is 0 Å². The molecule has 0 aliphatic heterocycles. The summed E-state index contributed by atoms with van der Waals surface area (Å²) in [5, 5.41) is 0. The van der Waals surface area contributed by atoms with Gasteiger partial charge < -0.3 is 4.74 Å². The van der Waals surface area contributed by atoms with Gasteiger partial charge in [0.1, 0.15) is 0 Å². The van der Waals surface area contributed by atoms with E-state index >= 15 is 0 Å². The molecule has 0 aliphatic rings. The Labute approximate surface area is 60.3 Å². The number of carbonyl (C=O) groups is 1. The van der Waals surface area contributed by atoms with E-state index in [1.165, 1.54) is 0 Å². The van der Waals surface area contributed by atoms with Crippen LogP contribution < -0.4 is 0 Å². The first-order chi connectivity index (χ1) is 3.13. The summed E-state index contributed by atoms with van der Waals surface area (Å²) in [6.45, 7) is 1.72. The van der Waals surface area contributed by atoms with Gasteiger partial charge in [-0.15, -0.1) is 0 Å². The van der Waals surface area contributed by atoms with E-state index in [2.05, 4.69) is 4.74 Å². The minimum Gasteiger partial charge on any atom is -0.440 e. The molecule has 7 heavy (non-hydrogen) atoms. The molecule has 0 saturated heterocycles. The second-order valence-corrected chi connectivity index (χ2v) is 2.96. The highest BCUT2D eigenvalue weighted by Gasteiger charge is 1.98. The van der Waals surface area contributed by atoms with E-state index in [0.717, 1.165) is 0 Å². The van der Waals surface area contributed by atoms with Gasteiger partial charge in [-0.3, -0.25) is 0 Å². The van der Waals surface area contributed by atoms with Gasteiger partial charge in [0.25, 0.3) is 0 Å². The van der Waals surface area contributed by atoms with Crippen LogP contribution in [0.1, 0.15) is 6.92 Å². The van der Waals surface area contributed by atoms with Crippen LogP contribution in [-0.4, -0.2) is 9.54 Å². The highest BCUT2D eigenvalue weighted by molar-refractivity contribution is 14.1. The number of rotatable bonds is 1. The standard InChI is InChI=1S/C3H4ClIO2/c1-2(5)7-3(4)6/h2H,1H3. The number of carbonyl (C=O) groups excluding carboxylic acids is 1. The molecule has 0 aliphatic carbocycles. The van der Waals surface area contributed by atoms with Gasteiger partial charge in [0.2, 0.25) is 0 Å². The number of hydrogen-bond acceptors (Lipinski definition) is 2. The van der Waals surface area contributed by atoms with Gasteiger partial charge in [0, 0.05) is 11.6 Å². The fraction of sp³-hybridized carbons (Fsp3) is 0.667. The van der Waals surface area contributed by atoms with Crippen molar-refractivity contribution in [2.24, 2.45) is 0 Å². The molecule has 2 nitrogen and oxygen atoms in total. The van der Waals surface area contributed by atoms with Gasteiger partial charge in [0.05, 0.1) is 0 Å². The van der Waals surface area contributed by atoms with E-state index < -0.39 is 5.43 Å². The maximum atomic E-state index is 9.79. The smallest absolute Gasteiger partial charge is 0.404 e. The van der Waals surface area contributed by atoms with Crippen molar-refractivity contribution >= 4 is 39.6 Å². The highest BCUT2D eigenvalue weighted by Crippen LogP contribution is 2.02. The molecule has 0 rings (SSSR count). The van der Waals surface area contributed by atoms with Crippen LogP contribution in [0.3, 0.4) is 0 Å². The van der Waals surface area contributed by atoms with Crippen LogP contribution in [0, 0.1) is 0 Å². The van der Waals surface area contributed by atoms with Gasteiger partial charge in [-0.2, -0.15) is 0 Å². The van der Waals surface area contributed by atoms with Crippen molar-refractivity contribution in [2.45, 2.75) is 11.0 Å². The van der Waals surface area contributed by atoms with Crippen molar-refractivity contribution in [3.63, 3.8) is 0 Å². The van der Waals surface area contributed by atoms with E-state index in [0.29, 0.717) is 0 Å². The Morgan fingerprint density at radius 1 is 2.00 bits per heavy atom. The monoisotopic (exact) mass is 234 g/mol. The Balaban J connectivity index is 3.13. The Kier molecular flexibility index (Phi) is 3.73. The van der Waals surface area contributed by atoms with Crippen molar-refractivity contribution in [1.29, 1.82) is 0 Å². The largest absolute Gasteiger partial charge is 0.440 e. The summed E-state index contributed by atoms with van der Waals surface area (Å²) in [5.74, 6) is 0. The zero-order chi connectivity index (χ0) is 5.86. The molecule has 0 saturated carbocycles. The summed E-state index contributed by atoms with van der Waals surface area (Å²) in [5.41, 5.74) is -0.748. The molecule has 0 N–H and O–H groups in total. The number of ether oxygens (including phenoxy) is 1. The predicted molar refractivity (Wildman–Crippen MR) is 35.8 cm³/mol. The van der Waals surface area contributed by atoms with Crippen LogP contribution in [0.25, 0.3) is 0 Å². The summed E-state index contributed by atoms with van der Waals surface area (Å²) < 4.78 is 4.23. The van der Waals surface area contributed by atoms with Gasteiger partial charge >= 0.3 is 5.43 Å². The minimum atomic E-state index is -0.748. The molecule has 0 heterocycles. The predicted octanol–water partition coefficient (Wildman–Crippen LogP) is 2.14. The average molecular weight is 234 g/mol. The molecule has 0 fully saturated rings. The second kappa shape index (κ2) is 3.49. The highest BCUT2D eigenvalue weighted by atomic mass is 127. The summed E-state index contributed by atoms with van der Waals surface area (Å²) in [4.78, 5) is 9.79. The lowest BCUT2D eigenvalue weighted by atomic mass is 10.9. The fourth-order valence-electron chi connectivity index (χ4n) is 0.128. The third-order valence-corrected chi connectivity index (χ3v) is 0.598. The van der Waals surface area contributed by atoms with Crippen molar-refractivity contribution in [1.82, 2.24) is 0 Å². The van der Waals surface area contributed by atoms with Gasteiger partial charge in [-0.25, -0.2) is 4.79 Å². The van der Waals surface area contributed by atoms with E-state index in [1.807, 2.05) is 22.6 Å². The van der Waals surface area contributed by atoms with Crippen LogP contribution in [0.4, 0.5) is 4.79 Å². The average Bonchev–Trinajstić information content (AvgIpc) is 1.27. The number of halogens is 2. The van der Waals surface area contributed by atoms with Crippen LogP contribution in [0.5, 0.6) is 0 Å². The van der Waals surface area contributed by atoms with Crippen LogP contribution in [0.15, 0.2) is 0 Å². The summed E-state index contributed by atoms with van der Waals surface area (Å²) in [6.07, 6.45) is 0. The molecule has 1 atom stereocenters. The SMILES string of the molecule is CC(I)OC(=O)Cl. The molecular formula is C3H4ClIO2. The molecule has 0 aromatic carbocycles. The third-order valence-electron chi connectivity index (χ3n) is 0.255. The summed E-state index contributed by atoms with van der Waals surface area (Å²) in [7, 11) is 0. The van der Waals surface area contributed by atoms with Crippen molar-refractivity contribution in [3.8, 4) is 0 Å². The maximum absolute atomic E-state index is 9.79. The zero-order valence-corrected chi connectivity index (χ0v) is 6.56. The first kappa shape index (κ1) is 7.49. The molecule has 0 radical (unpaired) electrons. The Morgan fingerprint density at radius 3 is 2.43 bits per heavy atom. The van der Waals surface area contributed by atoms with Crippen LogP contribution in [0.2, 0.25) is 0 Å². The molecule has 0 aromatic heterocycles. The van der Waals surface area contributed by atoms with E-state index in [1.54, 1.807) is 6.92 Å². The maximum Gasteiger partial charge on any atom is 0.404 e. The molecule has 0 amide bonds. The quantitative estimate of drug-likeness (QED) is 0.395. The molecule has 1 unspecified atom stereocenters. The number of hydrogen-bond donors (Lipinski definition) is 0. The summed E-state index contributed by atoms with van der Waals surface area (Å²) in [6, 6.07) is 0. The third kappa shape index (κ3) is 6.49. The van der Waals surface area contributed by atoms with E-state index in [4.69, 9.17) is 11.6 Å².